The van der Waals surface area contributed by atoms with Crippen LogP contribution in [0.4, 0.5) is 0 Å². The Balaban J connectivity index is 2.07. The summed E-state index contributed by atoms with van der Waals surface area (Å²) in [5.74, 6) is 0.609. The molecule has 0 radical (unpaired) electrons. The van der Waals surface area contributed by atoms with Crippen LogP contribution in [-0.2, 0) is 12.8 Å². The second-order valence-electron chi connectivity index (χ2n) is 4.92. The fraction of sp³-hybridized carbons (Fsp3) is 0.333. The number of aryl methyl sites for hydroxylation is 2. The Morgan fingerprint density at radius 2 is 2.29 bits per heavy atom. The summed E-state index contributed by atoms with van der Waals surface area (Å²) < 4.78 is 10.4. The summed E-state index contributed by atoms with van der Waals surface area (Å²) in [6.45, 7) is 4.04. The van der Waals surface area contributed by atoms with Gasteiger partial charge in [0, 0.05) is 24.3 Å². The lowest BCUT2D eigenvalue weighted by Crippen LogP contribution is -2.08. The minimum atomic E-state index is 0.609. The first-order valence-corrected chi connectivity index (χ1v) is 8.34. The number of aliphatic imine (C=N–C) groups is 1. The zero-order valence-corrected chi connectivity index (χ0v) is 13.9. The standard InChI is InChI=1S/C15H17N3OS2/c1-8(17-3)12(6-16)19-15-13-11(9(2)20-15)5-4-10-7-18-21-14(10)13/h6-7H,4-5,16H2,1-3H3/b12-6+,17-8-. The van der Waals surface area contributed by atoms with Gasteiger partial charge < -0.3 is 10.5 Å². The summed E-state index contributed by atoms with van der Waals surface area (Å²) in [6, 6.07) is 0. The highest BCUT2D eigenvalue weighted by Crippen LogP contribution is 2.48. The van der Waals surface area contributed by atoms with Crippen molar-refractivity contribution in [3.63, 3.8) is 0 Å². The van der Waals surface area contributed by atoms with Gasteiger partial charge in [0.25, 0.3) is 0 Å². The Bertz CT molecular complexity index is 740. The zero-order valence-electron chi connectivity index (χ0n) is 12.3. The fourth-order valence-corrected chi connectivity index (χ4v) is 4.49. The molecule has 0 atom stereocenters. The predicted molar refractivity (Wildman–Crippen MR) is 89.5 cm³/mol. The van der Waals surface area contributed by atoms with Crippen molar-refractivity contribution in [2.24, 2.45) is 10.7 Å². The molecule has 0 aliphatic heterocycles. The first-order valence-electron chi connectivity index (χ1n) is 6.75. The monoisotopic (exact) mass is 319 g/mol. The third-order valence-corrected chi connectivity index (χ3v) is 5.62. The van der Waals surface area contributed by atoms with Crippen molar-refractivity contribution < 1.29 is 4.74 Å². The van der Waals surface area contributed by atoms with E-state index in [1.807, 2.05) is 13.1 Å². The van der Waals surface area contributed by atoms with Gasteiger partial charge in [0.05, 0.1) is 16.2 Å². The highest BCUT2D eigenvalue weighted by atomic mass is 32.1. The van der Waals surface area contributed by atoms with Crippen LogP contribution >= 0.6 is 22.9 Å². The summed E-state index contributed by atoms with van der Waals surface area (Å²) in [5.41, 5.74) is 10.4. The molecule has 6 heteroatoms. The highest BCUT2D eigenvalue weighted by Gasteiger charge is 2.27. The molecule has 1 aliphatic rings. The largest absolute Gasteiger partial charge is 0.443 e. The van der Waals surface area contributed by atoms with Crippen molar-refractivity contribution in [2.75, 3.05) is 7.05 Å². The summed E-state index contributed by atoms with van der Waals surface area (Å²) >= 11 is 3.21. The first-order chi connectivity index (χ1) is 10.2. The van der Waals surface area contributed by atoms with Crippen LogP contribution in [0.15, 0.2) is 23.1 Å². The third-order valence-electron chi connectivity index (χ3n) is 3.74. The molecular formula is C15H17N3OS2. The molecule has 1 aliphatic carbocycles. The number of nitrogens with zero attached hydrogens (tertiary/aromatic N) is 2. The molecule has 2 aromatic rings. The van der Waals surface area contributed by atoms with Crippen LogP contribution in [0, 0.1) is 6.92 Å². The zero-order chi connectivity index (χ0) is 15.0. The van der Waals surface area contributed by atoms with Crippen LogP contribution in [0.5, 0.6) is 5.06 Å². The molecular weight excluding hydrogens is 302 g/mol. The highest BCUT2D eigenvalue weighted by molar-refractivity contribution is 7.15. The number of thiophene rings is 1. The average molecular weight is 319 g/mol. The van der Waals surface area contributed by atoms with Crippen molar-refractivity contribution >= 4 is 28.6 Å². The number of ether oxygens (including phenoxy) is 1. The van der Waals surface area contributed by atoms with Crippen LogP contribution in [0.1, 0.15) is 22.9 Å². The molecule has 21 heavy (non-hydrogen) atoms. The predicted octanol–water partition coefficient (Wildman–Crippen LogP) is 3.55. The van der Waals surface area contributed by atoms with E-state index in [-0.39, 0.29) is 0 Å². The van der Waals surface area contributed by atoms with Gasteiger partial charge in [0.1, 0.15) is 0 Å². The van der Waals surface area contributed by atoms with Crippen LogP contribution < -0.4 is 10.5 Å². The van der Waals surface area contributed by atoms with E-state index < -0.39 is 0 Å². The molecule has 0 saturated heterocycles. The summed E-state index contributed by atoms with van der Waals surface area (Å²) in [4.78, 5) is 6.69. The lowest BCUT2D eigenvalue weighted by Gasteiger charge is -2.14. The number of nitrogens with two attached hydrogens (primary N) is 1. The van der Waals surface area contributed by atoms with Crippen molar-refractivity contribution in [2.45, 2.75) is 26.7 Å². The smallest absolute Gasteiger partial charge is 0.190 e. The fourth-order valence-electron chi connectivity index (χ4n) is 2.50. The SMILES string of the molecule is C/N=C(C)\C(=C/N)Oc1sc(C)c2c1-c1sncc1CC2. The maximum absolute atomic E-state index is 6.06. The molecule has 0 fully saturated rings. The molecule has 3 rings (SSSR count). The number of allylic oxidation sites excluding steroid dienone is 1. The van der Waals surface area contributed by atoms with Gasteiger partial charge in [-0.2, -0.15) is 0 Å². The van der Waals surface area contributed by atoms with Gasteiger partial charge in [-0.25, -0.2) is 4.37 Å². The molecule has 2 heterocycles. The maximum Gasteiger partial charge on any atom is 0.190 e. The number of hydrogen-bond donors (Lipinski definition) is 1. The maximum atomic E-state index is 6.06. The number of rotatable bonds is 3. The van der Waals surface area contributed by atoms with Crippen molar-refractivity contribution in [1.29, 1.82) is 0 Å². The average Bonchev–Trinajstić information content (AvgIpc) is 3.08. The second-order valence-corrected chi connectivity index (χ2v) is 6.91. The topological polar surface area (TPSA) is 60.5 Å². The van der Waals surface area contributed by atoms with E-state index in [0.29, 0.717) is 5.76 Å². The van der Waals surface area contributed by atoms with E-state index in [1.165, 1.54) is 32.6 Å². The van der Waals surface area contributed by atoms with Gasteiger partial charge >= 0.3 is 0 Å². The van der Waals surface area contributed by atoms with E-state index in [1.54, 1.807) is 29.9 Å². The summed E-state index contributed by atoms with van der Waals surface area (Å²) in [5, 5.41) is 0.896. The number of fused-ring (bicyclic) bond motifs is 3. The van der Waals surface area contributed by atoms with Crippen LogP contribution in [-0.4, -0.2) is 17.1 Å². The molecule has 0 bridgehead atoms. The van der Waals surface area contributed by atoms with Gasteiger partial charge in [0.15, 0.2) is 10.8 Å². The molecule has 0 unspecified atom stereocenters. The van der Waals surface area contributed by atoms with Gasteiger partial charge in [-0.15, -0.1) is 11.3 Å². The molecule has 0 amide bonds. The van der Waals surface area contributed by atoms with Gasteiger partial charge in [0.2, 0.25) is 0 Å². The Hall–Kier alpha value is -1.66. The molecule has 0 aromatic carbocycles. The van der Waals surface area contributed by atoms with E-state index in [9.17, 15) is 0 Å². The summed E-state index contributed by atoms with van der Waals surface area (Å²) in [7, 11) is 1.73. The van der Waals surface area contributed by atoms with Gasteiger partial charge in [-0.05, 0) is 49.3 Å². The molecule has 0 spiro atoms. The van der Waals surface area contributed by atoms with Crippen molar-refractivity contribution in [3.05, 3.63) is 34.2 Å². The molecule has 2 aromatic heterocycles. The van der Waals surface area contributed by atoms with Crippen molar-refractivity contribution in [1.82, 2.24) is 4.37 Å². The van der Waals surface area contributed by atoms with Gasteiger partial charge in [-0.3, -0.25) is 4.99 Å². The lowest BCUT2D eigenvalue weighted by molar-refractivity contribution is 0.466. The minimum absolute atomic E-state index is 0.609. The van der Waals surface area contributed by atoms with Crippen LogP contribution in [0.2, 0.25) is 0 Å². The Morgan fingerprint density at radius 1 is 1.48 bits per heavy atom. The van der Waals surface area contributed by atoms with E-state index in [2.05, 4.69) is 16.3 Å². The minimum Gasteiger partial charge on any atom is -0.443 e. The van der Waals surface area contributed by atoms with Gasteiger partial charge in [-0.1, -0.05) is 0 Å². The van der Waals surface area contributed by atoms with E-state index in [4.69, 9.17) is 10.5 Å². The Labute approximate surface area is 132 Å². The molecule has 2 N–H and O–H groups in total. The normalized spacial score (nSPS) is 14.8. The second kappa shape index (κ2) is 5.61. The number of hydrogen-bond acceptors (Lipinski definition) is 6. The van der Waals surface area contributed by atoms with Crippen LogP contribution in [0.3, 0.4) is 0 Å². The third kappa shape index (κ3) is 2.38. The molecule has 4 nitrogen and oxygen atoms in total. The van der Waals surface area contributed by atoms with Crippen molar-refractivity contribution in [3.8, 4) is 15.5 Å². The lowest BCUT2D eigenvalue weighted by atomic mass is 9.94. The number of aromatic nitrogens is 1. The quantitative estimate of drug-likeness (QED) is 0.695. The molecule has 110 valence electrons. The van der Waals surface area contributed by atoms with Crippen LogP contribution in [0.25, 0.3) is 10.4 Å². The first kappa shape index (κ1) is 14.3. The summed E-state index contributed by atoms with van der Waals surface area (Å²) in [6.07, 6.45) is 5.55. The Morgan fingerprint density at radius 3 is 3.00 bits per heavy atom. The Kier molecular flexibility index (Phi) is 3.82. The van der Waals surface area contributed by atoms with E-state index >= 15 is 0 Å². The molecule has 0 saturated carbocycles. The van der Waals surface area contributed by atoms with E-state index in [0.717, 1.165) is 23.6 Å².